The number of hydrogen-bond acceptors (Lipinski definition) is 2. The third kappa shape index (κ3) is 4.95. The van der Waals surface area contributed by atoms with Crippen molar-refractivity contribution in [1.82, 2.24) is 10.6 Å². The molecular weight excluding hydrogens is 319 g/mol. The predicted octanol–water partition coefficient (Wildman–Crippen LogP) is 3.83. The number of rotatable bonds is 7. The van der Waals surface area contributed by atoms with Crippen molar-refractivity contribution in [1.29, 1.82) is 0 Å². The molecule has 5 heteroatoms. The minimum atomic E-state index is -0.249. The third-order valence-electron chi connectivity index (χ3n) is 4.47. The monoisotopic (exact) mass is 342 g/mol. The Kier molecular flexibility index (Phi) is 5.53. The Hall–Kier alpha value is -2.56. The van der Waals surface area contributed by atoms with Crippen molar-refractivity contribution in [3.63, 3.8) is 0 Å². The summed E-state index contributed by atoms with van der Waals surface area (Å²) < 4.78 is 18.1. The van der Waals surface area contributed by atoms with Gasteiger partial charge in [0, 0.05) is 6.54 Å². The van der Waals surface area contributed by atoms with E-state index in [1.54, 1.807) is 19.2 Å². The van der Waals surface area contributed by atoms with E-state index < -0.39 is 0 Å². The molecule has 1 saturated carbocycles. The fraction of sp³-hybridized carbons (Fsp3) is 0.350. The van der Waals surface area contributed by atoms with Gasteiger partial charge in [-0.25, -0.2) is 9.18 Å². The number of ether oxygens (including phenoxy) is 1. The second-order valence-corrected chi connectivity index (χ2v) is 6.36. The standard InChI is InChI=1S/C20H23FN2O2/c1-25-18-10-6-16(7-11-18)19(15-4-5-15)23-20(24)22-13-12-14-2-8-17(21)9-3-14/h2-3,6-11,15,19H,4-5,12-13H2,1H3,(H2,22,23,24). The first-order valence-corrected chi connectivity index (χ1v) is 8.58. The molecule has 25 heavy (non-hydrogen) atoms. The van der Waals surface area contributed by atoms with E-state index in [9.17, 15) is 9.18 Å². The van der Waals surface area contributed by atoms with E-state index in [-0.39, 0.29) is 17.9 Å². The molecule has 0 saturated heterocycles. The van der Waals surface area contributed by atoms with Gasteiger partial charge in [0.05, 0.1) is 13.2 Å². The lowest BCUT2D eigenvalue weighted by atomic mass is 10.0. The zero-order valence-corrected chi connectivity index (χ0v) is 14.3. The second-order valence-electron chi connectivity index (χ2n) is 6.36. The molecule has 0 spiro atoms. The first-order chi connectivity index (χ1) is 12.2. The predicted molar refractivity (Wildman–Crippen MR) is 95.1 cm³/mol. The molecule has 132 valence electrons. The van der Waals surface area contributed by atoms with Crippen molar-refractivity contribution >= 4 is 6.03 Å². The average molecular weight is 342 g/mol. The SMILES string of the molecule is COc1ccc(C(NC(=O)NCCc2ccc(F)cc2)C2CC2)cc1. The molecule has 2 aromatic rings. The van der Waals surface area contributed by atoms with Gasteiger partial charge >= 0.3 is 6.03 Å². The van der Waals surface area contributed by atoms with E-state index in [0.29, 0.717) is 18.9 Å². The normalized spacial score (nSPS) is 14.6. The fourth-order valence-corrected chi connectivity index (χ4v) is 2.88. The molecule has 2 aromatic carbocycles. The van der Waals surface area contributed by atoms with Crippen molar-refractivity contribution < 1.29 is 13.9 Å². The number of amides is 2. The van der Waals surface area contributed by atoms with Crippen LogP contribution >= 0.6 is 0 Å². The summed E-state index contributed by atoms with van der Waals surface area (Å²) in [6.45, 7) is 0.511. The molecule has 2 N–H and O–H groups in total. The van der Waals surface area contributed by atoms with Gasteiger partial charge in [0.25, 0.3) is 0 Å². The van der Waals surface area contributed by atoms with Crippen LogP contribution in [0.15, 0.2) is 48.5 Å². The Labute approximate surface area is 147 Å². The maximum absolute atomic E-state index is 12.9. The molecule has 0 aliphatic heterocycles. The number of benzene rings is 2. The summed E-state index contributed by atoms with van der Waals surface area (Å²) in [5, 5.41) is 5.96. The Bertz CT molecular complexity index is 697. The van der Waals surface area contributed by atoms with Crippen LogP contribution in [0.5, 0.6) is 5.75 Å². The molecule has 0 aromatic heterocycles. The lowest BCUT2D eigenvalue weighted by Gasteiger charge is -2.19. The van der Waals surface area contributed by atoms with Crippen LogP contribution in [-0.4, -0.2) is 19.7 Å². The van der Waals surface area contributed by atoms with Crippen LogP contribution < -0.4 is 15.4 Å². The van der Waals surface area contributed by atoms with Gasteiger partial charge in [-0.15, -0.1) is 0 Å². The van der Waals surface area contributed by atoms with Crippen molar-refractivity contribution in [2.45, 2.75) is 25.3 Å². The summed E-state index contributed by atoms with van der Waals surface area (Å²) in [4.78, 5) is 12.2. The van der Waals surface area contributed by atoms with E-state index >= 15 is 0 Å². The Balaban J connectivity index is 1.51. The number of urea groups is 1. The van der Waals surface area contributed by atoms with Crippen molar-refractivity contribution in [2.24, 2.45) is 5.92 Å². The summed E-state index contributed by atoms with van der Waals surface area (Å²) in [6.07, 6.45) is 2.93. The Morgan fingerprint density at radius 2 is 1.84 bits per heavy atom. The van der Waals surface area contributed by atoms with Gasteiger partial charge in [0.2, 0.25) is 0 Å². The largest absolute Gasteiger partial charge is 0.497 e. The average Bonchev–Trinajstić information content (AvgIpc) is 3.46. The van der Waals surface area contributed by atoms with E-state index in [4.69, 9.17) is 4.74 Å². The molecule has 1 unspecified atom stereocenters. The number of carbonyl (C=O) groups excluding carboxylic acids is 1. The fourth-order valence-electron chi connectivity index (χ4n) is 2.88. The molecule has 0 heterocycles. The zero-order chi connectivity index (χ0) is 17.6. The van der Waals surface area contributed by atoms with E-state index in [2.05, 4.69) is 10.6 Å². The summed E-state index contributed by atoms with van der Waals surface area (Å²) in [7, 11) is 1.64. The van der Waals surface area contributed by atoms with Gasteiger partial charge in [-0.1, -0.05) is 24.3 Å². The second kappa shape index (κ2) is 8.01. The molecule has 2 amide bonds. The van der Waals surface area contributed by atoms with Crippen LogP contribution in [0.25, 0.3) is 0 Å². The van der Waals surface area contributed by atoms with Crippen LogP contribution in [0.3, 0.4) is 0 Å². The smallest absolute Gasteiger partial charge is 0.315 e. The van der Waals surface area contributed by atoms with Crippen LogP contribution in [0.4, 0.5) is 9.18 Å². The highest BCUT2D eigenvalue weighted by atomic mass is 19.1. The summed E-state index contributed by atoms with van der Waals surface area (Å²) in [6, 6.07) is 14.0. The molecular formula is C20H23FN2O2. The van der Waals surface area contributed by atoms with Crippen molar-refractivity contribution in [2.75, 3.05) is 13.7 Å². The summed E-state index contributed by atoms with van der Waals surface area (Å²) >= 11 is 0. The van der Waals surface area contributed by atoms with E-state index in [0.717, 1.165) is 29.7 Å². The lowest BCUT2D eigenvalue weighted by molar-refractivity contribution is 0.235. The first-order valence-electron chi connectivity index (χ1n) is 8.58. The molecule has 1 aliphatic carbocycles. The minimum Gasteiger partial charge on any atom is -0.497 e. The van der Waals surface area contributed by atoms with Crippen molar-refractivity contribution in [3.8, 4) is 5.75 Å². The molecule has 1 fully saturated rings. The van der Waals surface area contributed by atoms with Crippen LogP contribution in [-0.2, 0) is 6.42 Å². The zero-order valence-electron chi connectivity index (χ0n) is 14.3. The molecule has 3 rings (SSSR count). The summed E-state index contributed by atoms with van der Waals surface area (Å²) in [5.41, 5.74) is 2.09. The van der Waals surface area contributed by atoms with Crippen molar-refractivity contribution in [3.05, 3.63) is 65.5 Å². The van der Waals surface area contributed by atoms with Gasteiger partial charge < -0.3 is 15.4 Å². The van der Waals surface area contributed by atoms with Crippen LogP contribution in [0.1, 0.15) is 30.0 Å². The number of hydrogen-bond donors (Lipinski definition) is 2. The number of methoxy groups -OCH3 is 1. The number of nitrogens with one attached hydrogen (secondary N) is 2. The van der Waals surface area contributed by atoms with E-state index in [1.165, 1.54) is 12.1 Å². The maximum Gasteiger partial charge on any atom is 0.315 e. The van der Waals surface area contributed by atoms with E-state index in [1.807, 2.05) is 24.3 Å². The highest BCUT2D eigenvalue weighted by Crippen LogP contribution is 2.41. The minimum absolute atomic E-state index is 0.0247. The van der Waals surface area contributed by atoms with Gasteiger partial charge in [0.15, 0.2) is 0 Å². The van der Waals surface area contributed by atoms with Gasteiger partial charge in [-0.3, -0.25) is 0 Å². The van der Waals surface area contributed by atoms with Gasteiger partial charge in [-0.05, 0) is 60.6 Å². The summed E-state index contributed by atoms with van der Waals surface area (Å²) in [5.74, 6) is 1.06. The molecule has 1 atom stereocenters. The van der Waals surface area contributed by atoms with Gasteiger partial charge in [0.1, 0.15) is 11.6 Å². The number of carbonyl (C=O) groups is 1. The molecule has 0 bridgehead atoms. The Morgan fingerprint density at radius 3 is 2.44 bits per heavy atom. The maximum atomic E-state index is 12.9. The van der Waals surface area contributed by atoms with Crippen LogP contribution in [0.2, 0.25) is 0 Å². The molecule has 0 radical (unpaired) electrons. The Morgan fingerprint density at radius 1 is 1.16 bits per heavy atom. The first kappa shape index (κ1) is 17.3. The number of halogens is 1. The van der Waals surface area contributed by atoms with Gasteiger partial charge in [-0.2, -0.15) is 0 Å². The highest BCUT2D eigenvalue weighted by molar-refractivity contribution is 5.74. The topological polar surface area (TPSA) is 50.4 Å². The van der Waals surface area contributed by atoms with Crippen LogP contribution in [0, 0.1) is 11.7 Å². The highest BCUT2D eigenvalue weighted by Gasteiger charge is 2.33. The third-order valence-corrected chi connectivity index (χ3v) is 4.47. The molecule has 1 aliphatic rings. The quantitative estimate of drug-likeness (QED) is 0.803. The lowest BCUT2D eigenvalue weighted by Crippen LogP contribution is -2.39. The molecule has 4 nitrogen and oxygen atoms in total.